The van der Waals surface area contributed by atoms with E-state index >= 15 is 0 Å². The number of rotatable bonds is 2. The Balaban J connectivity index is 2.18. The number of carbonyl (C=O) groups is 1. The van der Waals surface area contributed by atoms with Crippen LogP contribution in [-0.4, -0.2) is 38.4 Å². The molecule has 0 radical (unpaired) electrons. The number of anilines is 2. The van der Waals surface area contributed by atoms with E-state index in [0.717, 1.165) is 6.07 Å². The first-order chi connectivity index (χ1) is 9.38. The van der Waals surface area contributed by atoms with Crippen LogP contribution in [0.15, 0.2) is 18.2 Å². The quantitative estimate of drug-likeness (QED) is 0.849. The molecule has 0 aliphatic carbocycles. The van der Waals surface area contributed by atoms with Gasteiger partial charge in [-0.3, -0.25) is 4.79 Å². The molecule has 1 amide bonds. The first-order valence-corrected chi connectivity index (χ1v) is 5.88. The topological polar surface area (TPSA) is 41.6 Å². The Kier molecular flexibility index (Phi) is 4.12. The van der Waals surface area contributed by atoms with Gasteiger partial charge >= 0.3 is 12.1 Å². The second kappa shape index (κ2) is 5.66. The summed E-state index contributed by atoms with van der Waals surface area (Å²) in [5.41, 5.74) is 0.0449. The Bertz CT molecular complexity index is 499. The molecule has 1 aliphatic heterocycles. The molecule has 0 aromatic heterocycles. The summed E-state index contributed by atoms with van der Waals surface area (Å²) in [7, 11) is 0. The lowest BCUT2D eigenvalue weighted by Gasteiger charge is -2.29. The maximum atomic E-state index is 13.5. The summed E-state index contributed by atoms with van der Waals surface area (Å²) in [6.45, 7) is 2.08. The zero-order valence-corrected chi connectivity index (χ0v) is 10.3. The van der Waals surface area contributed by atoms with Crippen molar-refractivity contribution in [1.29, 1.82) is 0 Å². The molecule has 1 fully saturated rings. The number of amides is 1. The number of alkyl halides is 3. The van der Waals surface area contributed by atoms with Crippen molar-refractivity contribution in [3.8, 4) is 0 Å². The Labute approximate surface area is 112 Å². The van der Waals surface area contributed by atoms with E-state index in [0.29, 0.717) is 32.0 Å². The first-order valence-electron chi connectivity index (χ1n) is 5.88. The van der Waals surface area contributed by atoms with E-state index in [4.69, 9.17) is 4.74 Å². The Morgan fingerprint density at radius 2 is 1.90 bits per heavy atom. The van der Waals surface area contributed by atoms with Gasteiger partial charge in [-0.1, -0.05) is 0 Å². The van der Waals surface area contributed by atoms with Crippen LogP contribution in [0, 0.1) is 5.82 Å². The molecule has 2 rings (SSSR count). The monoisotopic (exact) mass is 292 g/mol. The molecule has 0 unspecified atom stereocenters. The van der Waals surface area contributed by atoms with Crippen molar-refractivity contribution in [3.63, 3.8) is 0 Å². The summed E-state index contributed by atoms with van der Waals surface area (Å²) >= 11 is 0. The number of nitrogens with one attached hydrogen (secondary N) is 1. The number of carbonyl (C=O) groups excluding carboxylic acids is 1. The van der Waals surface area contributed by atoms with Crippen LogP contribution in [0.3, 0.4) is 0 Å². The lowest BCUT2D eigenvalue weighted by molar-refractivity contribution is -0.167. The molecule has 1 heterocycles. The van der Waals surface area contributed by atoms with Crippen LogP contribution >= 0.6 is 0 Å². The molecule has 1 aromatic carbocycles. The maximum Gasteiger partial charge on any atom is 0.471 e. The molecule has 0 spiro atoms. The Morgan fingerprint density at radius 3 is 2.50 bits per heavy atom. The van der Waals surface area contributed by atoms with Crippen LogP contribution in [-0.2, 0) is 9.53 Å². The number of ether oxygens (including phenoxy) is 1. The summed E-state index contributed by atoms with van der Waals surface area (Å²) in [4.78, 5) is 12.7. The third-order valence-corrected chi connectivity index (χ3v) is 2.83. The highest BCUT2D eigenvalue weighted by atomic mass is 19.4. The summed E-state index contributed by atoms with van der Waals surface area (Å²) in [6, 6.07) is 3.66. The van der Waals surface area contributed by atoms with Gasteiger partial charge in [-0.25, -0.2) is 4.39 Å². The van der Waals surface area contributed by atoms with Crippen molar-refractivity contribution in [1.82, 2.24) is 0 Å². The maximum absolute atomic E-state index is 13.5. The van der Waals surface area contributed by atoms with E-state index in [9.17, 15) is 22.4 Å². The fraction of sp³-hybridized carbons (Fsp3) is 0.417. The number of hydrogen-bond acceptors (Lipinski definition) is 3. The minimum absolute atomic E-state index is 0.488. The number of nitrogens with zero attached hydrogens (tertiary/aromatic N) is 1. The predicted octanol–water partition coefficient (Wildman–Crippen LogP) is 2.16. The summed E-state index contributed by atoms with van der Waals surface area (Å²) in [5, 5.41) is 1.53. The van der Waals surface area contributed by atoms with Crippen molar-refractivity contribution in [2.75, 3.05) is 36.5 Å². The number of hydrogen-bond donors (Lipinski definition) is 1. The van der Waals surface area contributed by atoms with Crippen LogP contribution in [0.1, 0.15) is 0 Å². The highest BCUT2D eigenvalue weighted by molar-refractivity contribution is 5.95. The number of morpholine rings is 1. The zero-order chi connectivity index (χ0) is 14.8. The van der Waals surface area contributed by atoms with E-state index in [-0.39, 0.29) is 0 Å². The number of halogens is 4. The average molecular weight is 292 g/mol. The average Bonchev–Trinajstić information content (AvgIpc) is 2.41. The molecular weight excluding hydrogens is 280 g/mol. The molecule has 4 nitrogen and oxygen atoms in total. The second-order valence-corrected chi connectivity index (χ2v) is 4.22. The van der Waals surface area contributed by atoms with Crippen molar-refractivity contribution in [2.24, 2.45) is 0 Å². The highest BCUT2D eigenvalue weighted by Crippen LogP contribution is 2.25. The van der Waals surface area contributed by atoms with Crippen LogP contribution < -0.4 is 10.2 Å². The van der Waals surface area contributed by atoms with E-state index in [1.807, 2.05) is 4.90 Å². The van der Waals surface area contributed by atoms with Crippen molar-refractivity contribution < 1.29 is 27.1 Å². The minimum atomic E-state index is -5.05. The van der Waals surface area contributed by atoms with E-state index in [1.165, 1.54) is 17.4 Å². The Hall–Kier alpha value is -1.83. The first kappa shape index (κ1) is 14.6. The van der Waals surface area contributed by atoms with Gasteiger partial charge in [-0.2, -0.15) is 13.2 Å². The number of benzene rings is 1. The molecule has 1 N–H and O–H groups in total. The van der Waals surface area contributed by atoms with Crippen LogP contribution in [0.2, 0.25) is 0 Å². The largest absolute Gasteiger partial charge is 0.471 e. The molecule has 0 atom stereocenters. The van der Waals surface area contributed by atoms with Gasteiger partial charge in [0.1, 0.15) is 5.82 Å². The predicted molar refractivity (Wildman–Crippen MR) is 64.1 cm³/mol. The van der Waals surface area contributed by atoms with Crippen LogP contribution in [0.25, 0.3) is 0 Å². The van der Waals surface area contributed by atoms with Crippen LogP contribution in [0.4, 0.5) is 28.9 Å². The minimum Gasteiger partial charge on any atom is -0.378 e. The summed E-state index contributed by atoms with van der Waals surface area (Å²) < 4.78 is 55.1. The van der Waals surface area contributed by atoms with Gasteiger partial charge in [0, 0.05) is 18.8 Å². The van der Waals surface area contributed by atoms with E-state index < -0.39 is 23.6 Å². The molecule has 1 aliphatic rings. The zero-order valence-electron chi connectivity index (χ0n) is 10.3. The standard InChI is InChI=1S/C12H12F4N2O2/c13-9-2-1-8(18-3-5-20-6-4-18)7-10(9)17-11(19)12(14,15)16/h1-2,7H,3-6H2,(H,17,19). The molecular formula is C12H12F4N2O2. The second-order valence-electron chi connectivity index (χ2n) is 4.22. The molecule has 0 bridgehead atoms. The van der Waals surface area contributed by atoms with Gasteiger partial charge in [-0.15, -0.1) is 0 Å². The summed E-state index contributed by atoms with van der Waals surface area (Å²) in [5.74, 6) is -3.12. The van der Waals surface area contributed by atoms with Gasteiger partial charge in [0.25, 0.3) is 0 Å². The van der Waals surface area contributed by atoms with Gasteiger partial charge < -0.3 is 15.0 Å². The fourth-order valence-electron chi connectivity index (χ4n) is 1.82. The van der Waals surface area contributed by atoms with Gasteiger partial charge in [0.2, 0.25) is 0 Å². The normalized spacial score (nSPS) is 16.1. The van der Waals surface area contributed by atoms with Crippen molar-refractivity contribution >= 4 is 17.3 Å². The molecule has 1 saturated heterocycles. The lowest BCUT2D eigenvalue weighted by atomic mass is 10.2. The van der Waals surface area contributed by atoms with E-state index in [1.54, 1.807) is 0 Å². The molecule has 110 valence electrons. The van der Waals surface area contributed by atoms with E-state index in [2.05, 4.69) is 0 Å². The van der Waals surface area contributed by atoms with Crippen molar-refractivity contribution in [2.45, 2.75) is 6.18 Å². The molecule has 8 heteroatoms. The van der Waals surface area contributed by atoms with Crippen LogP contribution in [0.5, 0.6) is 0 Å². The third-order valence-electron chi connectivity index (χ3n) is 2.83. The molecule has 0 saturated carbocycles. The van der Waals surface area contributed by atoms with Crippen molar-refractivity contribution in [3.05, 3.63) is 24.0 Å². The molecule has 1 aromatic rings. The highest BCUT2D eigenvalue weighted by Gasteiger charge is 2.39. The smallest absolute Gasteiger partial charge is 0.378 e. The summed E-state index contributed by atoms with van der Waals surface area (Å²) in [6.07, 6.45) is -5.05. The third kappa shape index (κ3) is 3.38. The lowest BCUT2D eigenvalue weighted by Crippen LogP contribution is -2.36. The SMILES string of the molecule is O=C(Nc1cc(N2CCOCC2)ccc1F)C(F)(F)F. The van der Waals surface area contributed by atoms with Gasteiger partial charge in [0.05, 0.1) is 18.9 Å². The van der Waals surface area contributed by atoms with Gasteiger partial charge in [-0.05, 0) is 18.2 Å². The molecule has 20 heavy (non-hydrogen) atoms. The fourth-order valence-corrected chi connectivity index (χ4v) is 1.82. The van der Waals surface area contributed by atoms with Gasteiger partial charge in [0.15, 0.2) is 0 Å². The Morgan fingerprint density at radius 1 is 1.25 bits per heavy atom.